The minimum absolute atomic E-state index is 0.00849. The summed E-state index contributed by atoms with van der Waals surface area (Å²) < 4.78 is 28.0. The van der Waals surface area contributed by atoms with E-state index in [-0.39, 0.29) is 18.7 Å². The molecular weight excluding hydrogens is 450 g/mol. The van der Waals surface area contributed by atoms with Gasteiger partial charge in [-0.3, -0.25) is 19.6 Å². The number of hydrogen-bond donors (Lipinski definition) is 1. The van der Waals surface area contributed by atoms with Gasteiger partial charge < -0.3 is 9.88 Å². The molecule has 0 unspecified atom stereocenters. The van der Waals surface area contributed by atoms with Crippen LogP contribution in [0.15, 0.2) is 84.2 Å². The molecule has 3 aromatic heterocycles. The fraction of sp³-hybridized carbons (Fsp3) is 0.111. The van der Waals surface area contributed by atoms with Crippen LogP contribution in [0.3, 0.4) is 0 Å². The molecule has 0 atom stereocenters. The summed E-state index contributed by atoms with van der Waals surface area (Å²) in [5.41, 5.74) is 4.69. The average Bonchev–Trinajstić information content (AvgIpc) is 3.30. The number of aromatic nitrogens is 3. The van der Waals surface area contributed by atoms with E-state index in [9.17, 15) is 18.4 Å². The first kappa shape index (κ1) is 22.3. The quantitative estimate of drug-likeness (QED) is 0.464. The molecule has 0 bridgehead atoms. The Hall–Kier alpha value is -4.46. The Balaban J connectivity index is 1.30. The van der Waals surface area contributed by atoms with Crippen molar-refractivity contribution in [1.82, 2.24) is 19.9 Å². The van der Waals surface area contributed by atoms with Gasteiger partial charge in [-0.25, -0.2) is 8.78 Å². The van der Waals surface area contributed by atoms with Crippen LogP contribution in [0.4, 0.5) is 8.78 Å². The molecule has 6 nitrogen and oxygen atoms in total. The van der Waals surface area contributed by atoms with Gasteiger partial charge in [0.1, 0.15) is 5.56 Å². The number of benzene rings is 1. The first-order valence-corrected chi connectivity index (χ1v) is 11.0. The van der Waals surface area contributed by atoms with Gasteiger partial charge in [-0.15, -0.1) is 0 Å². The van der Waals surface area contributed by atoms with Gasteiger partial charge in [0.05, 0.1) is 12.2 Å². The van der Waals surface area contributed by atoms with Crippen molar-refractivity contribution in [3.05, 3.63) is 135 Å². The summed E-state index contributed by atoms with van der Waals surface area (Å²) in [6, 6.07) is 12.3. The molecule has 1 aliphatic carbocycles. The van der Waals surface area contributed by atoms with E-state index in [2.05, 4.69) is 21.4 Å². The van der Waals surface area contributed by atoms with Crippen molar-refractivity contribution in [1.29, 1.82) is 0 Å². The molecule has 8 heteroatoms. The Bertz CT molecular complexity index is 1530. The second kappa shape index (κ2) is 9.42. The van der Waals surface area contributed by atoms with E-state index in [4.69, 9.17) is 0 Å². The fourth-order valence-electron chi connectivity index (χ4n) is 4.11. The molecule has 1 aromatic carbocycles. The predicted octanol–water partition coefficient (Wildman–Crippen LogP) is 3.88. The van der Waals surface area contributed by atoms with Gasteiger partial charge in [0.15, 0.2) is 11.6 Å². The Kier molecular flexibility index (Phi) is 6.01. The van der Waals surface area contributed by atoms with Crippen LogP contribution < -0.4 is 10.9 Å². The Labute approximate surface area is 199 Å². The Morgan fingerprint density at radius 1 is 1.03 bits per heavy atom. The van der Waals surface area contributed by atoms with Gasteiger partial charge in [-0.1, -0.05) is 18.2 Å². The number of carbonyl (C=O) groups excluding carboxylic acids is 1. The third-order valence-electron chi connectivity index (χ3n) is 5.84. The maximum atomic E-state index is 13.5. The Morgan fingerprint density at radius 3 is 2.77 bits per heavy atom. The summed E-state index contributed by atoms with van der Waals surface area (Å²) in [5, 5.41) is 2.77. The van der Waals surface area contributed by atoms with E-state index >= 15 is 0 Å². The van der Waals surface area contributed by atoms with Crippen LogP contribution >= 0.6 is 0 Å². The van der Waals surface area contributed by atoms with Crippen LogP contribution in [0.25, 0.3) is 5.57 Å². The lowest BCUT2D eigenvalue weighted by Crippen LogP contribution is -2.32. The number of carbonyl (C=O) groups is 1. The molecule has 3 heterocycles. The summed E-state index contributed by atoms with van der Waals surface area (Å²) in [6.45, 7) is 0.193. The highest BCUT2D eigenvalue weighted by Gasteiger charge is 2.17. The molecule has 4 aromatic rings. The van der Waals surface area contributed by atoms with Crippen LogP contribution in [-0.2, 0) is 19.5 Å². The van der Waals surface area contributed by atoms with Gasteiger partial charge in [0.25, 0.3) is 11.5 Å². The van der Waals surface area contributed by atoms with Crippen molar-refractivity contribution < 1.29 is 13.6 Å². The summed E-state index contributed by atoms with van der Waals surface area (Å²) in [4.78, 5) is 34.3. The standard InChI is InChI=1S/C27H20F2N4O2/c28-23-7-5-17(12-24(23)29)16-33-10-2-4-22(27(33)35)26(34)32-14-18-11-19(15-30-13-18)20-6-8-25-21(20)3-1-9-31-25/h1-7,9-13,15H,8,14,16H2,(H,32,34). The third kappa shape index (κ3) is 4.63. The highest BCUT2D eigenvalue weighted by Crippen LogP contribution is 2.31. The molecule has 1 N–H and O–H groups in total. The van der Waals surface area contributed by atoms with E-state index in [1.165, 1.54) is 22.9 Å². The molecule has 0 radical (unpaired) electrons. The van der Waals surface area contributed by atoms with Crippen molar-refractivity contribution in [3.63, 3.8) is 0 Å². The van der Waals surface area contributed by atoms with Gasteiger partial charge in [0.2, 0.25) is 0 Å². The second-order valence-electron chi connectivity index (χ2n) is 8.19. The zero-order valence-corrected chi connectivity index (χ0v) is 18.5. The summed E-state index contributed by atoms with van der Waals surface area (Å²) in [7, 11) is 0. The molecule has 1 amide bonds. The molecule has 0 saturated heterocycles. The average molecular weight is 470 g/mol. The number of hydrogen-bond acceptors (Lipinski definition) is 4. The van der Waals surface area contributed by atoms with E-state index in [1.807, 2.05) is 18.2 Å². The minimum Gasteiger partial charge on any atom is -0.348 e. The number of amides is 1. The molecule has 35 heavy (non-hydrogen) atoms. The smallest absolute Gasteiger partial charge is 0.263 e. The topological polar surface area (TPSA) is 76.9 Å². The summed E-state index contributed by atoms with van der Waals surface area (Å²) >= 11 is 0. The Morgan fingerprint density at radius 2 is 1.91 bits per heavy atom. The van der Waals surface area contributed by atoms with Gasteiger partial charge in [-0.05, 0) is 53.1 Å². The van der Waals surface area contributed by atoms with E-state index in [0.29, 0.717) is 5.56 Å². The van der Waals surface area contributed by atoms with Gasteiger partial charge in [-0.2, -0.15) is 0 Å². The van der Waals surface area contributed by atoms with E-state index in [1.54, 1.807) is 24.7 Å². The lowest BCUT2D eigenvalue weighted by molar-refractivity contribution is 0.0948. The number of allylic oxidation sites excluding steroid dienone is 1. The normalized spacial score (nSPS) is 12.2. The number of halogens is 2. The molecule has 5 rings (SSSR count). The monoisotopic (exact) mass is 470 g/mol. The number of nitrogens with zero attached hydrogens (tertiary/aromatic N) is 3. The van der Waals surface area contributed by atoms with Crippen molar-refractivity contribution in [2.24, 2.45) is 0 Å². The maximum Gasteiger partial charge on any atom is 0.263 e. The highest BCUT2D eigenvalue weighted by molar-refractivity contribution is 5.93. The lowest BCUT2D eigenvalue weighted by Gasteiger charge is -2.10. The van der Waals surface area contributed by atoms with Crippen LogP contribution in [0.1, 0.15) is 38.3 Å². The zero-order chi connectivity index (χ0) is 24.4. The number of pyridine rings is 3. The molecule has 0 aliphatic heterocycles. The zero-order valence-electron chi connectivity index (χ0n) is 18.5. The largest absolute Gasteiger partial charge is 0.348 e. The van der Waals surface area contributed by atoms with E-state index in [0.717, 1.165) is 46.5 Å². The SMILES string of the molecule is O=C(NCc1cncc(C2=CCc3ncccc32)c1)c1cccn(Cc2ccc(F)c(F)c2)c1=O. The number of nitrogens with one attached hydrogen (secondary N) is 1. The van der Waals surface area contributed by atoms with Crippen LogP contribution in [0.5, 0.6) is 0 Å². The highest BCUT2D eigenvalue weighted by atomic mass is 19.2. The molecule has 174 valence electrons. The maximum absolute atomic E-state index is 13.5. The molecule has 0 fully saturated rings. The van der Waals surface area contributed by atoms with Crippen molar-refractivity contribution in [3.8, 4) is 0 Å². The summed E-state index contributed by atoms with van der Waals surface area (Å²) in [5.74, 6) is -2.49. The third-order valence-corrected chi connectivity index (χ3v) is 5.84. The number of fused-ring (bicyclic) bond motifs is 1. The molecule has 0 saturated carbocycles. The number of rotatable bonds is 6. The minimum atomic E-state index is -0.992. The van der Waals surface area contributed by atoms with E-state index < -0.39 is 23.1 Å². The summed E-state index contributed by atoms with van der Waals surface area (Å²) in [6.07, 6.45) is 9.57. The van der Waals surface area contributed by atoms with Crippen molar-refractivity contribution >= 4 is 11.5 Å². The molecule has 0 spiro atoms. The van der Waals surface area contributed by atoms with Crippen molar-refractivity contribution in [2.75, 3.05) is 0 Å². The van der Waals surface area contributed by atoms with Crippen LogP contribution in [0, 0.1) is 11.6 Å². The molecular formula is C27H20F2N4O2. The van der Waals surface area contributed by atoms with Gasteiger partial charge in [0, 0.05) is 48.9 Å². The predicted molar refractivity (Wildman–Crippen MR) is 127 cm³/mol. The van der Waals surface area contributed by atoms with Crippen molar-refractivity contribution in [2.45, 2.75) is 19.5 Å². The van der Waals surface area contributed by atoms with Crippen LogP contribution in [0.2, 0.25) is 0 Å². The first-order valence-electron chi connectivity index (χ1n) is 11.0. The van der Waals surface area contributed by atoms with Gasteiger partial charge >= 0.3 is 0 Å². The van der Waals surface area contributed by atoms with Crippen LogP contribution in [-0.4, -0.2) is 20.4 Å². The molecule has 1 aliphatic rings. The second-order valence-corrected chi connectivity index (χ2v) is 8.19. The lowest BCUT2D eigenvalue weighted by atomic mass is 10.0. The first-order chi connectivity index (χ1) is 17.0. The fourth-order valence-corrected chi connectivity index (χ4v) is 4.11.